The van der Waals surface area contributed by atoms with Crippen molar-refractivity contribution in [1.29, 1.82) is 0 Å². The molecule has 2 aliphatic carbocycles. The van der Waals surface area contributed by atoms with E-state index in [9.17, 15) is 9.18 Å². The number of ether oxygens (including phenoxy) is 2. The number of carbonyl (C=O) groups excluding carboxylic acids is 1. The van der Waals surface area contributed by atoms with Gasteiger partial charge in [-0.2, -0.15) is 0 Å². The largest absolute Gasteiger partial charge is 0.490 e. The average Bonchev–Trinajstić information content (AvgIpc) is 3.06. The Morgan fingerprint density at radius 3 is 2.54 bits per heavy atom. The summed E-state index contributed by atoms with van der Waals surface area (Å²) in [6, 6.07) is 11.8. The van der Waals surface area contributed by atoms with Gasteiger partial charge in [-0.25, -0.2) is 4.39 Å². The van der Waals surface area contributed by atoms with Crippen molar-refractivity contribution in [1.82, 2.24) is 0 Å². The first kappa shape index (κ1) is 18.5. The molecule has 5 heteroatoms. The maximum Gasteiger partial charge on any atom is 0.228 e. The molecule has 0 heterocycles. The maximum absolute atomic E-state index is 12.9. The predicted octanol–water partition coefficient (Wildman–Crippen LogP) is 3.94. The number of benzene rings is 2. The molecule has 0 spiro atoms. The number of hydrogen-bond donors (Lipinski definition) is 1. The van der Waals surface area contributed by atoms with E-state index in [-0.39, 0.29) is 11.7 Å². The molecule has 2 atom stereocenters. The van der Waals surface area contributed by atoms with Crippen molar-refractivity contribution in [3.63, 3.8) is 0 Å². The molecule has 2 aromatic rings. The Labute approximate surface area is 164 Å². The van der Waals surface area contributed by atoms with E-state index >= 15 is 0 Å². The van der Waals surface area contributed by atoms with E-state index in [1.54, 1.807) is 12.1 Å². The van der Waals surface area contributed by atoms with Crippen LogP contribution in [0.5, 0.6) is 11.5 Å². The quantitative estimate of drug-likeness (QED) is 0.772. The highest BCUT2D eigenvalue weighted by Gasteiger charge is 2.49. The van der Waals surface area contributed by atoms with Gasteiger partial charge in [-0.3, -0.25) is 4.79 Å². The number of amides is 1. The Morgan fingerprint density at radius 2 is 1.82 bits per heavy atom. The Kier molecular flexibility index (Phi) is 4.84. The summed E-state index contributed by atoms with van der Waals surface area (Å²) in [7, 11) is 0. The van der Waals surface area contributed by atoms with E-state index in [1.165, 1.54) is 12.1 Å². The molecule has 145 valence electrons. The van der Waals surface area contributed by atoms with Gasteiger partial charge in [0.05, 0.1) is 5.41 Å². The minimum absolute atomic E-state index is 0.292. The summed E-state index contributed by atoms with van der Waals surface area (Å²) in [5, 5.41) is 0. The van der Waals surface area contributed by atoms with E-state index in [0.717, 1.165) is 41.7 Å². The topological polar surface area (TPSA) is 61.6 Å². The van der Waals surface area contributed by atoms with Crippen LogP contribution in [0.1, 0.15) is 24.0 Å². The molecule has 1 radical (unpaired) electrons. The highest BCUT2D eigenvalue weighted by atomic mass is 19.1. The summed E-state index contributed by atoms with van der Waals surface area (Å²) in [5.41, 5.74) is 7.93. The second kappa shape index (κ2) is 7.30. The van der Waals surface area contributed by atoms with Crippen LogP contribution in [0.2, 0.25) is 0 Å². The number of carbonyl (C=O) groups is 1. The summed E-state index contributed by atoms with van der Waals surface area (Å²) in [4.78, 5) is 12.2. The zero-order valence-corrected chi connectivity index (χ0v) is 15.6. The van der Waals surface area contributed by atoms with Crippen LogP contribution in [-0.2, 0) is 11.2 Å². The molecule has 0 saturated heterocycles. The van der Waals surface area contributed by atoms with Gasteiger partial charge < -0.3 is 15.2 Å². The fourth-order valence-corrected chi connectivity index (χ4v) is 4.24. The highest BCUT2D eigenvalue weighted by molar-refractivity contribution is 5.98. The molecule has 2 aliphatic rings. The van der Waals surface area contributed by atoms with Crippen LogP contribution >= 0.6 is 0 Å². The number of halogens is 1. The molecule has 28 heavy (non-hydrogen) atoms. The Bertz CT molecular complexity index is 909. The standard InChI is InChI=1S/C23H23FNO3/c1-15-21-7-6-20(28-11-10-27-19-4-2-18(24)3-5-19)13-17(21)12-16-8-9-23(15,14-16)22(25)26/h2-7,13-14,16H,1,8-12H2,(H2,25,26). The molecule has 0 aromatic heterocycles. The molecule has 1 fully saturated rings. The van der Waals surface area contributed by atoms with Crippen molar-refractivity contribution in [2.45, 2.75) is 19.3 Å². The van der Waals surface area contributed by atoms with Crippen LogP contribution in [0, 0.1) is 23.6 Å². The predicted molar refractivity (Wildman–Crippen MR) is 105 cm³/mol. The van der Waals surface area contributed by atoms with Crippen LogP contribution in [0.4, 0.5) is 4.39 Å². The summed E-state index contributed by atoms with van der Waals surface area (Å²) < 4.78 is 24.3. The van der Waals surface area contributed by atoms with Gasteiger partial charge >= 0.3 is 0 Å². The molecule has 2 aromatic carbocycles. The van der Waals surface area contributed by atoms with Crippen LogP contribution in [0.3, 0.4) is 0 Å². The fourth-order valence-electron chi connectivity index (χ4n) is 4.24. The van der Waals surface area contributed by atoms with Crippen molar-refractivity contribution < 1.29 is 18.7 Å². The van der Waals surface area contributed by atoms with Gasteiger partial charge in [-0.05, 0) is 84.7 Å². The van der Waals surface area contributed by atoms with E-state index in [1.807, 2.05) is 18.2 Å². The fraction of sp³-hybridized carbons (Fsp3) is 0.304. The highest BCUT2D eigenvalue weighted by Crippen LogP contribution is 2.53. The third-order valence-electron chi connectivity index (χ3n) is 5.73. The lowest BCUT2D eigenvalue weighted by Crippen LogP contribution is -2.36. The minimum atomic E-state index is -0.721. The number of primary amides is 1. The van der Waals surface area contributed by atoms with Gasteiger partial charge in [0.1, 0.15) is 30.5 Å². The van der Waals surface area contributed by atoms with E-state index < -0.39 is 5.41 Å². The van der Waals surface area contributed by atoms with Crippen molar-refractivity contribution in [3.05, 3.63) is 72.4 Å². The second-order valence-corrected chi connectivity index (χ2v) is 7.45. The Morgan fingerprint density at radius 1 is 1.14 bits per heavy atom. The smallest absolute Gasteiger partial charge is 0.228 e. The lowest BCUT2D eigenvalue weighted by molar-refractivity contribution is -0.123. The van der Waals surface area contributed by atoms with E-state index in [2.05, 4.69) is 13.0 Å². The number of nitrogens with two attached hydrogens (primary N) is 1. The molecule has 2 bridgehead atoms. The summed E-state index contributed by atoms with van der Waals surface area (Å²) >= 11 is 0. The number of fused-ring (bicyclic) bond motifs is 3. The van der Waals surface area contributed by atoms with Gasteiger partial charge in [-0.15, -0.1) is 0 Å². The van der Waals surface area contributed by atoms with Crippen LogP contribution < -0.4 is 15.2 Å². The third kappa shape index (κ3) is 3.37. The van der Waals surface area contributed by atoms with Crippen molar-refractivity contribution >= 4 is 11.5 Å². The molecular formula is C23H23FNO3. The lowest BCUT2D eigenvalue weighted by atomic mass is 9.75. The number of rotatable bonds is 6. The van der Waals surface area contributed by atoms with Crippen molar-refractivity contribution in [3.8, 4) is 11.5 Å². The summed E-state index contributed by atoms with van der Waals surface area (Å²) in [6.07, 6.45) is 4.63. The molecular weight excluding hydrogens is 357 g/mol. The Hall–Kier alpha value is -2.82. The first-order valence-electron chi connectivity index (χ1n) is 9.48. The average molecular weight is 380 g/mol. The molecule has 2 unspecified atom stereocenters. The molecule has 1 amide bonds. The van der Waals surface area contributed by atoms with Crippen molar-refractivity contribution in [2.24, 2.45) is 17.1 Å². The van der Waals surface area contributed by atoms with Gasteiger partial charge in [0, 0.05) is 0 Å². The van der Waals surface area contributed by atoms with E-state index in [4.69, 9.17) is 15.2 Å². The first-order chi connectivity index (χ1) is 13.5. The summed E-state index contributed by atoms with van der Waals surface area (Å²) in [6.45, 7) is 4.94. The van der Waals surface area contributed by atoms with E-state index in [0.29, 0.717) is 24.9 Å². The first-order valence-corrected chi connectivity index (χ1v) is 9.48. The van der Waals surface area contributed by atoms with Gasteiger partial charge in [0.15, 0.2) is 0 Å². The normalized spacial score (nSPS) is 23.0. The lowest BCUT2D eigenvalue weighted by Gasteiger charge is -2.28. The molecule has 1 saturated carbocycles. The minimum Gasteiger partial charge on any atom is -0.490 e. The van der Waals surface area contributed by atoms with Crippen molar-refractivity contribution in [2.75, 3.05) is 13.2 Å². The molecule has 4 nitrogen and oxygen atoms in total. The number of hydrogen-bond acceptors (Lipinski definition) is 3. The van der Waals surface area contributed by atoms with Crippen LogP contribution in [0.25, 0.3) is 5.57 Å². The van der Waals surface area contributed by atoms with Crippen LogP contribution in [0.15, 0.2) is 49.0 Å². The molecule has 0 aliphatic heterocycles. The van der Waals surface area contributed by atoms with Gasteiger partial charge in [0.25, 0.3) is 0 Å². The van der Waals surface area contributed by atoms with Gasteiger partial charge in [-0.1, -0.05) is 12.6 Å². The molecule has 2 N–H and O–H groups in total. The maximum atomic E-state index is 12.9. The molecule has 4 rings (SSSR count). The van der Waals surface area contributed by atoms with Crippen LogP contribution in [-0.4, -0.2) is 19.1 Å². The third-order valence-corrected chi connectivity index (χ3v) is 5.73. The SMILES string of the molecule is C=C1c2ccc(OCCOc3ccc(F)cc3)cc2CC2[CH]C1(C(N)=O)CC2. The zero-order valence-electron chi connectivity index (χ0n) is 15.6. The van der Waals surface area contributed by atoms with Gasteiger partial charge in [0.2, 0.25) is 5.91 Å². The summed E-state index contributed by atoms with van der Waals surface area (Å²) in [5.74, 6) is 1.07. The second-order valence-electron chi connectivity index (χ2n) is 7.45. The monoisotopic (exact) mass is 380 g/mol. The zero-order chi connectivity index (χ0) is 19.7. The Balaban J connectivity index is 1.42.